The normalized spacial score (nSPS) is 17.0. The number of nitrogens with zero attached hydrogens (tertiary/aromatic N) is 3. The molecule has 6 heteroatoms. The molecule has 124 valence electrons. The van der Waals surface area contributed by atoms with Crippen molar-refractivity contribution in [3.05, 3.63) is 46.7 Å². The minimum absolute atomic E-state index is 0.0191. The van der Waals surface area contributed by atoms with Gasteiger partial charge in [0.15, 0.2) is 0 Å². The number of aromatic nitrogens is 4. The standard InChI is InChI=1S/C18H21N5O/c1-10-11(2)19-16-6-4-13(8-15(10)16)18(24)20-14-5-7-17-22-21-12(3)23(17)9-14/h4,6,8,14,19H,5,7,9H2,1-3H3,(H,20,24). The summed E-state index contributed by atoms with van der Waals surface area (Å²) in [6, 6.07) is 5.95. The number of aromatic amines is 1. The molecular formula is C18H21N5O. The average molecular weight is 323 g/mol. The second-order valence-electron chi connectivity index (χ2n) is 6.62. The van der Waals surface area contributed by atoms with Gasteiger partial charge in [-0.15, -0.1) is 10.2 Å². The molecule has 1 aromatic carbocycles. The van der Waals surface area contributed by atoms with Crippen LogP contribution in [0.1, 0.15) is 39.7 Å². The van der Waals surface area contributed by atoms with Crippen LogP contribution in [-0.2, 0) is 13.0 Å². The molecule has 1 unspecified atom stereocenters. The molecular weight excluding hydrogens is 302 g/mol. The van der Waals surface area contributed by atoms with Crippen LogP contribution in [0.2, 0.25) is 0 Å². The first-order chi connectivity index (χ1) is 11.5. The zero-order chi connectivity index (χ0) is 16.8. The number of amides is 1. The lowest BCUT2D eigenvalue weighted by Gasteiger charge is -2.25. The number of fused-ring (bicyclic) bond motifs is 2. The first kappa shape index (κ1) is 14.9. The van der Waals surface area contributed by atoms with Gasteiger partial charge in [0, 0.05) is 41.2 Å². The van der Waals surface area contributed by atoms with Crippen LogP contribution in [0.4, 0.5) is 0 Å². The Morgan fingerprint density at radius 1 is 1.29 bits per heavy atom. The second kappa shape index (κ2) is 5.47. The number of hydrogen-bond acceptors (Lipinski definition) is 3. The van der Waals surface area contributed by atoms with E-state index in [0.29, 0.717) is 5.56 Å². The van der Waals surface area contributed by atoms with Crippen LogP contribution in [0, 0.1) is 20.8 Å². The third-order valence-electron chi connectivity index (χ3n) is 5.04. The number of benzene rings is 1. The van der Waals surface area contributed by atoms with Crippen LogP contribution in [0.5, 0.6) is 0 Å². The Morgan fingerprint density at radius 3 is 2.96 bits per heavy atom. The molecule has 4 rings (SSSR count). The number of carbonyl (C=O) groups excluding carboxylic acids is 1. The minimum atomic E-state index is -0.0191. The Morgan fingerprint density at radius 2 is 2.12 bits per heavy atom. The summed E-state index contributed by atoms with van der Waals surface area (Å²) in [5.41, 5.74) is 4.12. The van der Waals surface area contributed by atoms with Gasteiger partial charge in [0.05, 0.1) is 0 Å². The van der Waals surface area contributed by atoms with Gasteiger partial charge >= 0.3 is 0 Å². The molecule has 0 saturated carbocycles. The van der Waals surface area contributed by atoms with E-state index in [1.807, 2.05) is 25.1 Å². The van der Waals surface area contributed by atoms with E-state index in [1.54, 1.807) is 0 Å². The Labute approximate surface area is 140 Å². The quantitative estimate of drug-likeness (QED) is 0.760. The molecule has 3 heterocycles. The second-order valence-corrected chi connectivity index (χ2v) is 6.62. The zero-order valence-electron chi connectivity index (χ0n) is 14.2. The lowest BCUT2D eigenvalue weighted by molar-refractivity contribution is 0.0927. The predicted molar refractivity (Wildman–Crippen MR) is 92.1 cm³/mol. The fourth-order valence-electron chi connectivity index (χ4n) is 3.45. The average Bonchev–Trinajstić information content (AvgIpc) is 3.08. The topological polar surface area (TPSA) is 75.6 Å². The highest BCUT2D eigenvalue weighted by Gasteiger charge is 2.23. The van der Waals surface area contributed by atoms with Gasteiger partial charge in [-0.3, -0.25) is 4.79 Å². The predicted octanol–water partition coefficient (Wildman–Crippen LogP) is 2.43. The van der Waals surface area contributed by atoms with Gasteiger partial charge < -0.3 is 14.9 Å². The maximum absolute atomic E-state index is 12.6. The summed E-state index contributed by atoms with van der Waals surface area (Å²) < 4.78 is 2.09. The van der Waals surface area contributed by atoms with E-state index < -0.39 is 0 Å². The summed E-state index contributed by atoms with van der Waals surface area (Å²) in [4.78, 5) is 16.0. The molecule has 0 spiro atoms. The molecule has 0 aliphatic carbocycles. The van der Waals surface area contributed by atoms with Gasteiger partial charge in [0.2, 0.25) is 0 Å². The summed E-state index contributed by atoms with van der Waals surface area (Å²) in [5.74, 6) is 1.90. The van der Waals surface area contributed by atoms with Crippen molar-refractivity contribution >= 4 is 16.8 Å². The SMILES string of the molecule is Cc1[nH]c2ccc(C(=O)NC3CCc4nnc(C)n4C3)cc2c1C. The van der Waals surface area contributed by atoms with Crippen molar-refractivity contribution in [3.63, 3.8) is 0 Å². The molecule has 1 aliphatic rings. The van der Waals surface area contributed by atoms with Crippen molar-refractivity contribution in [2.24, 2.45) is 0 Å². The Balaban J connectivity index is 1.54. The number of H-pyrrole nitrogens is 1. The first-order valence-corrected chi connectivity index (χ1v) is 8.31. The molecule has 0 radical (unpaired) electrons. The number of nitrogens with one attached hydrogen (secondary N) is 2. The van der Waals surface area contributed by atoms with E-state index in [1.165, 1.54) is 5.56 Å². The molecule has 3 aromatic rings. The summed E-state index contributed by atoms with van der Waals surface area (Å²) >= 11 is 0. The fraction of sp³-hybridized carbons (Fsp3) is 0.389. The Kier molecular flexibility index (Phi) is 3.40. The third kappa shape index (κ3) is 2.38. The van der Waals surface area contributed by atoms with E-state index in [2.05, 4.69) is 38.9 Å². The van der Waals surface area contributed by atoms with Crippen molar-refractivity contribution in [1.29, 1.82) is 0 Å². The molecule has 1 aliphatic heterocycles. The van der Waals surface area contributed by atoms with Crippen LogP contribution in [-0.4, -0.2) is 31.7 Å². The number of aryl methyl sites for hydroxylation is 4. The third-order valence-corrected chi connectivity index (χ3v) is 5.04. The largest absolute Gasteiger partial charge is 0.358 e. The van der Waals surface area contributed by atoms with E-state index in [0.717, 1.165) is 47.6 Å². The summed E-state index contributed by atoms with van der Waals surface area (Å²) in [6.45, 7) is 6.82. The Hall–Kier alpha value is -2.63. The van der Waals surface area contributed by atoms with Crippen molar-refractivity contribution in [1.82, 2.24) is 25.1 Å². The molecule has 0 fully saturated rings. The smallest absolute Gasteiger partial charge is 0.251 e. The van der Waals surface area contributed by atoms with Gasteiger partial charge in [0.25, 0.3) is 5.91 Å². The highest BCUT2D eigenvalue weighted by atomic mass is 16.1. The molecule has 24 heavy (non-hydrogen) atoms. The number of hydrogen-bond donors (Lipinski definition) is 2. The van der Waals surface area contributed by atoms with Gasteiger partial charge in [-0.05, 0) is 51.0 Å². The summed E-state index contributed by atoms with van der Waals surface area (Å²) in [6.07, 6.45) is 1.75. The molecule has 2 aromatic heterocycles. The van der Waals surface area contributed by atoms with Crippen molar-refractivity contribution in [2.75, 3.05) is 0 Å². The number of carbonyl (C=O) groups is 1. The van der Waals surface area contributed by atoms with Gasteiger partial charge in [-0.1, -0.05) is 0 Å². The fourth-order valence-corrected chi connectivity index (χ4v) is 3.45. The molecule has 6 nitrogen and oxygen atoms in total. The van der Waals surface area contributed by atoms with E-state index in [9.17, 15) is 4.79 Å². The maximum atomic E-state index is 12.6. The van der Waals surface area contributed by atoms with E-state index in [-0.39, 0.29) is 11.9 Å². The van der Waals surface area contributed by atoms with Gasteiger partial charge in [-0.25, -0.2) is 0 Å². The zero-order valence-corrected chi connectivity index (χ0v) is 14.2. The highest BCUT2D eigenvalue weighted by molar-refractivity contribution is 5.99. The Bertz CT molecular complexity index is 936. The van der Waals surface area contributed by atoms with Crippen LogP contribution in [0.25, 0.3) is 10.9 Å². The van der Waals surface area contributed by atoms with Crippen molar-refractivity contribution in [2.45, 2.75) is 46.2 Å². The van der Waals surface area contributed by atoms with Crippen LogP contribution in [0.3, 0.4) is 0 Å². The summed E-state index contributed by atoms with van der Waals surface area (Å²) in [5, 5.41) is 12.6. The highest BCUT2D eigenvalue weighted by Crippen LogP contribution is 2.23. The van der Waals surface area contributed by atoms with Gasteiger partial charge in [-0.2, -0.15) is 0 Å². The van der Waals surface area contributed by atoms with Crippen molar-refractivity contribution < 1.29 is 4.79 Å². The lowest BCUT2D eigenvalue weighted by Crippen LogP contribution is -2.41. The first-order valence-electron chi connectivity index (χ1n) is 8.31. The van der Waals surface area contributed by atoms with E-state index >= 15 is 0 Å². The van der Waals surface area contributed by atoms with Crippen LogP contribution in [0.15, 0.2) is 18.2 Å². The van der Waals surface area contributed by atoms with Crippen LogP contribution >= 0.6 is 0 Å². The van der Waals surface area contributed by atoms with Gasteiger partial charge in [0.1, 0.15) is 11.6 Å². The number of rotatable bonds is 2. The molecule has 1 amide bonds. The molecule has 2 N–H and O–H groups in total. The van der Waals surface area contributed by atoms with Crippen molar-refractivity contribution in [3.8, 4) is 0 Å². The lowest BCUT2D eigenvalue weighted by atomic mass is 10.1. The maximum Gasteiger partial charge on any atom is 0.251 e. The molecule has 1 atom stereocenters. The summed E-state index contributed by atoms with van der Waals surface area (Å²) in [7, 11) is 0. The monoisotopic (exact) mass is 323 g/mol. The molecule has 0 bridgehead atoms. The minimum Gasteiger partial charge on any atom is -0.358 e. The van der Waals surface area contributed by atoms with Crippen LogP contribution < -0.4 is 5.32 Å². The molecule has 0 saturated heterocycles. The van der Waals surface area contributed by atoms with E-state index in [4.69, 9.17) is 0 Å².